The van der Waals surface area contributed by atoms with E-state index in [9.17, 15) is 18.0 Å². The van der Waals surface area contributed by atoms with Crippen LogP contribution in [-0.2, 0) is 14.8 Å². The Balaban J connectivity index is 1.88. The fraction of sp³-hybridized carbons (Fsp3) is 0.176. The molecule has 0 aromatic heterocycles. The van der Waals surface area contributed by atoms with Crippen LogP contribution in [-0.4, -0.2) is 26.0 Å². The average molecular weight is 379 g/mol. The van der Waals surface area contributed by atoms with Gasteiger partial charge in [-0.2, -0.15) is 0 Å². The van der Waals surface area contributed by atoms with Gasteiger partial charge >= 0.3 is 0 Å². The van der Waals surface area contributed by atoms with Gasteiger partial charge in [0.05, 0.1) is 17.4 Å². The Morgan fingerprint density at radius 1 is 1.20 bits per heavy atom. The smallest absolute Gasteiger partial charge is 0.255 e. The minimum Gasteiger partial charge on any atom is -0.322 e. The Hall–Kier alpha value is -2.38. The van der Waals surface area contributed by atoms with Crippen LogP contribution in [0.2, 0.25) is 5.02 Å². The summed E-state index contributed by atoms with van der Waals surface area (Å²) >= 11 is 5.80. The maximum Gasteiger partial charge on any atom is 0.255 e. The number of nitrogens with one attached hydrogen (secondary N) is 1. The largest absolute Gasteiger partial charge is 0.322 e. The molecule has 1 aliphatic heterocycles. The van der Waals surface area contributed by atoms with Gasteiger partial charge in [-0.1, -0.05) is 24.6 Å². The molecule has 2 aromatic carbocycles. The number of carbonyl (C=O) groups excluding carboxylic acids is 2. The molecule has 1 heterocycles. The predicted molar refractivity (Wildman–Crippen MR) is 96.3 cm³/mol. The standard InChI is InChI=1S/C17H15ClN2O4S/c1-11-10-25(23,24)20(17(11)22)15-4-2-3-12(9-15)16(21)19-14-7-5-13(18)6-8-14/h2-9,11H,10H2,1H3,(H,19,21)/t11-/m1/s1. The van der Waals surface area contributed by atoms with Crippen molar-refractivity contribution in [3.63, 3.8) is 0 Å². The third-order valence-electron chi connectivity index (χ3n) is 3.81. The summed E-state index contributed by atoms with van der Waals surface area (Å²) in [7, 11) is -3.71. The van der Waals surface area contributed by atoms with E-state index in [4.69, 9.17) is 11.6 Å². The zero-order chi connectivity index (χ0) is 18.2. The first-order valence-corrected chi connectivity index (χ1v) is 9.50. The number of amides is 2. The highest BCUT2D eigenvalue weighted by Gasteiger charge is 2.42. The molecule has 25 heavy (non-hydrogen) atoms. The highest BCUT2D eigenvalue weighted by Crippen LogP contribution is 2.29. The highest BCUT2D eigenvalue weighted by atomic mass is 35.5. The summed E-state index contributed by atoms with van der Waals surface area (Å²) in [6.07, 6.45) is 0. The lowest BCUT2D eigenvalue weighted by molar-refractivity contribution is -0.119. The van der Waals surface area contributed by atoms with Crippen LogP contribution in [0.25, 0.3) is 0 Å². The summed E-state index contributed by atoms with van der Waals surface area (Å²) in [5, 5.41) is 3.24. The Kier molecular flexibility index (Phi) is 4.53. The molecule has 0 bridgehead atoms. The fourth-order valence-electron chi connectivity index (χ4n) is 2.60. The van der Waals surface area contributed by atoms with Crippen molar-refractivity contribution in [2.75, 3.05) is 15.4 Å². The average Bonchev–Trinajstić information content (AvgIpc) is 2.77. The molecule has 0 aliphatic carbocycles. The van der Waals surface area contributed by atoms with Crippen LogP contribution in [0.15, 0.2) is 48.5 Å². The SMILES string of the molecule is C[C@@H]1CS(=O)(=O)N(c2cccc(C(=O)Nc3ccc(Cl)cc3)c2)C1=O. The van der Waals surface area contributed by atoms with Gasteiger partial charge in [-0.05, 0) is 42.5 Å². The third-order valence-corrected chi connectivity index (χ3v) is 5.93. The summed E-state index contributed by atoms with van der Waals surface area (Å²) < 4.78 is 25.1. The summed E-state index contributed by atoms with van der Waals surface area (Å²) in [4.78, 5) is 24.5. The quantitative estimate of drug-likeness (QED) is 0.890. The van der Waals surface area contributed by atoms with Gasteiger partial charge in [0.1, 0.15) is 0 Å². The molecular weight excluding hydrogens is 364 g/mol. The highest BCUT2D eigenvalue weighted by molar-refractivity contribution is 7.94. The van der Waals surface area contributed by atoms with E-state index in [2.05, 4.69) is 5.32 Å². The number of carbonyl (C=O) groups is 2. The molecule has 1 aliphatic rings. The van der Waals surface area contributed by atoms with Crippen LogP contribution in [0.5, 0.6) is 0 Å². The lowest BCUT2D eigenvalue weighted by atomic mass is 10.1. The van der Waals surface area contributed by atoms with Gasteiger partial charge in [0.15, 0.2) is 0 Å². The van der Waals surface area contributed by atoms with E-state index >= 15 is 0 Å². The van der Waals surface area contributed by atoms with Crippen LogP contribution >= 0.6 is 11.6 Å². The molecule has 2 aromatic rings. The van der Waals surface area contributed by atoms with Crippen LogP contribution in [0, 0.1) is 5.92 Å². The maximum atomic E-state index is 12.4. The van der Waals surface area contributed by atoms with Crippen molar-refractivity contribution < 1.29 is 18.0 Å². The number of sulfonamides is 1. The number of hydrogen-bond donors (Lipinski definition) is 1. The molecule has 3 rings (SSSR count). The third kappa shape index (κ3) is 3.52. The Morgan fingerprint density at radius 2 is 1.88 bits per heavy atom. The van der Waals surface area contributed by atoms with E-state index in [1.54, 1.807) is 37.3 Å². The van der Waals surface area contributed by atoms with E-state index in [-0.39, 0.29) is 17.0 Å². The maximum absolute atomic E-state index is 12.4. The molecule has 1 N–H and O–H groups in total. The molecule has 1 atom stereocenters. The fourth-order valence-corrected chi connectivity index (χ4v) is 4.54. The molecule has 2 amide bonds. The van der Waals surface area contributed by atoms with E-state index < -0.39 is 27.8 Å². The molecule has 1 fully saturated rings. The topological polar surface area (TPSA) is 83.6 Å². The minimum atomic E-state index is -3.71. The first-order chi connectivity index (χ1) is 11.8. The molecule has 1 saturated heterocycles. The normalized spacial score (nSPS) is 19.0. The summed E-state index contributed by atoms with van der Waals surface area (Å²) in [6.45, 7) is 1.57. The second-order valence-electron chi connectivity index (χ2n) is 5.79. The van der Waals surface area contributed by atoms with Crippen LogP contribution in [0.4, 0.5) is 11.4 Å². The van der Waals surface area contributed by atoms with Gasteiger partial charge in [0, 0.05) is 16.3 Å². The van der Waals surface area contributed by atoms with E-state index in [0.717, 1.165) is 4.31 Å². The van der Waals surface area contributed by atoms with Gasteiger partial charge < -0.3 is 5.32 Å². The monoisotopic (exact) mass is 378 g/mol. The molecular formula is C17H15ClN2O4S. The van der Waals surface area contributed by atoms with Crippen LogP contribution in [0.1, 0.15) is 17.3 Å². The lowest BCUT2D eigenvalue weighted by Crippen LogP contribution is -2.30. The van der Waals surface area contributed by atoms with Crippen LogP contribution in [0.3, 0.4) is 0 Å². The predicted octanol–water partition coefficient (Wildman–Crippen LogP) is 2.90. The summed E-state index contributed by atoms with van der Waals surface area (Å²) in [6, 6.07) is 12.6. The van der Waals surface area contributed by atoms with Crippen molar-refractivity contribution in [1.29, 1.82) is 0 Å². The Labute approximate surface area is 150 Å². The van der Waals surface area contributed by atoms with Crippen molar-refractivity contribution in [2.24, 2.45) is 5.92 Å². The summed E-state index contributed by atoms with van der Waals surface area (Å²) in [5.74, 6) is -1.74. The Bertz CT molecular complexity index is 941. The molecule has 0 saturated carbocycles. The number of hydrogen-bond acceptors (Lipinski definition) is 4. The number of halogens is 1. The van der Waals surface area contributed by atoms with Crippen LogP contribution < -0.4 is 9.62 Å². The van der Waals surface area contributed by atoms with Gasteiger partial charge in [-0.3, -0.25) is 9.59 Å². The molecule has 6 nitrogen and oxygen atoms in total. The first-order valence-electron chi connectivity index (χ1n) is 7.52. The molecule has 0 unspecified atom stereocenters. The first kappa shape index (κ1) is 17.4. The molecule has 130 valence electrons. The molecule has 0 radical (unpaired) electrons. The van der Waals surface area contributed by atoms with Crippen molar-refractivity contribution in [3.05, 3.63) is 59.1 Å². The molecule has 0 spiro atoms. The van der Waals surface area contributed by atoms with Crippen molar-refractivity contribution >= 4 is 44.8 Å². The van der Waals surface area contributed by atoms with Gasteiger partial charge in [-0.15, -0.1) is 0 Å². The lowest BCUT2D eigenvalue weighted by Gasteiger charge is -2.16. The minimum absolute atomic E-state index is 0.165. The second kappa shape index (κ2) is 6.50. The molecule has 8 heteroatoms. The van der Waals surface area contributed by atoms with E-state index in [0.29, 0.717) is 10.7 Å². The number of benzene rings is 2. The van der Waals surface area contributed by atoms with Crippen molar-refractivity contribution in [3.8, 4) is 0 Å². The van der Waals surface area contributed by atoms with Gasteiger partial charge in [-0.25, -0.2) is 12.7 Å². The Morgan fingerprint density at radius 3 is 2.48 bits per heavy atom. The number of rotatable bonds is 3. The number of anilines is 2. The number of nitrogens with zero attached hydrogens (tertiary/aromatic N) is 1. The zero-order valence-corrected chi connectivity index (χ0v) is 14.8. The summed E-state index contributed by atoms with van der Waals surface area (Å²) in [5.41, 5.74) is 0.964. The van der Waals surface area contributed by atoms with Gasteiger partial charge in [0.25, 0.3) is 5.91 Å². The zero-order valence-electron chi connectivity index (χ0n) is 13.3. The van der Waals surface area contributed by atoms with Crippen molar-refractivity contribution in [1.82, 2.24) is 0 Å². The van der Waals surface area contributed by atoms with Gasteiger partial charge in [0.2, 0.25) is 15.9 Å². The van der Waals surface area contributed by atoms with E-state index in [1.807, 2.05) is 0 Å². The van der Waals surface area contributed by atoms with E-state index in [1.165, 1.54) is 18.2 Å². The van der Waals surface area contributed by atoms with Crippen molar-refractivity contribution in [2.45, 2.75) is 6.92 Å². The second-order valence-corrected chi connectivity index (χ2v) is 8.09.